The molecule has 4 heteroatoms. The maximum absolute atomic E-state index is 4.84. The van der Waals surface area contributed by atoms with Crippen molar-refractivity contribution in [1.82, 2.24) is 0 Å². The van der Waals surface area contributed by atoms with Gasteiger partial charge in [-0.2, -0.15) is 0 Å². The standard InChI is InChI=1S/C6H12N2O2/c1-5(7-2)6(9-3)8-10-4/h1-4H3/b7-5?,8-6-. The predicted octanol–water partition coefficient (Wildman–Crippen LogP) is 0.683. The summed E-state index contributed by atoms with van der Waals surface area (Å²) in [7, 11) is 4.65. The van der Waals surface area contributed by atoms with E-state index < -0.39 is 0 Å². The molecular formula is C6H12N2O2. The Morgan fingerprint density at radius 2 is 1.90 bits per heavy atom. The second kappa shape index (κ2) is 4.78. The Morgan fingerprint density at radius 3 is 2.20 bits per heavy atom. The normalized spacial score (nSPS) is 13.2. The molecule has 0 aromatic carbocycles. The van der Waals surface area contributed by atoms with Crippen molar-refractivity contribution in [3.05, 3.63) is 0 Å². The number of oxime groups is 1. The molecule has 0 bridgehead atoms. The first-order valence-corrected chi connectivity index (χ1v) is 2.85. The fourth-order valence-electron chi connectivity index (χ4n) is 0.430. The molecule has 0 saturated carbocycles. The molecule has 4 nitrogen and oxygen atoms in total. The molecule has 0 aromatic heterocycles. The Hall–Kier alpha value is -1.06. The molecule has 10 heavy (non-hydrogen) atoms. The number of hydrogen-bond acceptors (Lipinski definition) is 4. The van der Waals surface area contributed by atoms with E-state index in [9.17, 15) is 0 Å². The van der Waals surface area contributed by atoms with Gasteiger partial charge in [-0.3, -0.25) is 4.99 Å². The lowest BCUT2D eigenvalue weighted by molar-refractivity contribution is 0.201. The van der Waals surface area contributed by atoms with E-state index in [0.717, 1.165) is 0 Å². The Labute approximate surface area is 60.5 Å². The topological polar surface area (TPSA) is 43.2 Å². The lowest BCUT2D eigenvalue weighted by Gasteiger charge is -2.00. The van der Waals surface area contributed by atoms with E-state index in [0.29, 0.717) is 11.6 Å². The molecule has 0 amide bonds. The molecule has 0 saturated heterocycles. The second-order valence-corrected chi connectivity index (χ2v) is 1.59. The molecule has 0 radical (unpaired) electrons. The van der Waals surface area contributed by atoms with Crippen LogP contribution in [-0.4, -0.2) is 32.9 Å². The van der Waals surface area contributed by atoms with Gasteiger partial charge >= 0.3 is 0 Å². The van der Waals surface area contributed by atoms with Crippen molar-refractivity contribution in [3.8, 4) is 0 Å². The predicted molar refractivity (Wildman–Crippen MR) is 40.5 cm³/mol. The van der Waals surface area contributed by atoms with Gasteiger partial charge in [0.25, 0.3) is 5.90 Å². The quantitative estimate of drug-likeness (QED) is 0.325. The van der Waals surface area contributed by atoms with Crippen LogP contribution in [0.4, 0.5) is 0 Å². The largest absolute Gasteiger partial charge is 0.478 e. The first kappa shape index (κ1) is 8.94. The fraction of sp³-hybridized carbons (Fsp3) is 0.667. The number of hydrogen-bond donors (Lipinski definition) is 0. The van der Waals surface area contributed by atoms with Crippen molar-refractivity contribution in [3.63, 3.8) is 0 Å². The molecule has 0 spiro atoms. The molecule has 0 fully saturated rings. The molecule has 0 atom stereocenters. The highest BCUT2D eigenvalue weighted by Gasteiger charge is 2.00. The third-order valence-electron chi connectivity index (χ3n) is 1.01. The highest BCUT2D eigenvalue weighted by Crippen LogP contribution is 1.85. The van der Waals surface area contributed by atoms with Gasteiger partial charge in [-0.25, -0.2) is 0 Å². The van der Waals surface area contributed by atoms with Gasteiger partial charge in [-0.1, -0.05) is 0 Å². The minimum Gasteiger partial charge on any atom is -0.478 e. The summed E-state index contributed by atoms with van der Waals surface area (Å²) < 4.78 is 4.84. The lowest BCUT2D eigenvalue weighted by atomic mass is 10.4. The van der Waals surface area contributed by atoms with Crippen molar-refractivity contribution < 1.29 is 9.57 Å². The van der Waals surface area contributed by atoms with E-state index in [1.807, 2.05) is 0 Å². The van der Waals surface area contributed by atoms with E-state index in [-0.39, 0.29) is 0 Å². The summed E-state index contributed by atoms with van der Waals surface area (Å²) in [4.78, 5) is 8.36. The van der Waals surface area contributed by atoms with Crippen LogP contribution in [0.2, 0.25) is 0 Å². The zero-order valence-electron chi connectivity index (χ0n) is 6.71. The molecule has 0 aliphatic heterocycles. The SMILES string of the molecule is CN=C(C)/C(=N/OC)OC. The Bertz CT molecular complexity index is 152. The maximum Gasteiger partial charge on any atom is 0.271 e. The third-order valence-corrected chi connectivity index (χ3v) is 1.01. The number of nitrogens with zero attached hydrogens (tertiary/aromatic N) is 2. The summed E-state index contributed by atoms with van der Waals surface area (Å²) in [5.74, 6) is 0.407. The van der Waals surface area contributed by atoms with Crippen molar-refractivity contribution in [2.75, 3.05) is 21.3 Å². The highest BCUT2D eigenvalue weighted by atomic mass is 16.6. The summed E-state index contributed by atoms with van der Waals surface area (Å²) in [6, 6.07) is 0. The number of aliphatic imine (C=N–C) groups is 1. The molecular weight excluding hydrogens is 132 g/mol. The molecule has 0 unspecified atom stereocenters. The smallest absolute Gasteiger partial charge is 0.271 e. The molecule has 0 aliphatic rings. The second-order valence-electron chi connectivity index (χ2n) is 1.59. The van der Waals surface area contributed by atoms with E-state index in [4.69, 9.17) is 4.74 Å². The van der Waals surface area contributed by atoms with Crippen LogP contribution in [0, 0.1) is 0 Å². The molecule has 0 aromatic rings. The number of methoxy groups -OCH3 is 1. The Morgan fingerprint density at radius 1 is 1.30 bits per heavy atom. The van der Waals surface area contributed by atoms with Gasteiger partial charge in [-0.05, 0) is 12.1 Å². The maximum atomic E-state index is 4.84. The molecule has 0 heterocycles. The third kappa shape index (κ3) is 2.48. The van der Waals surface area contributed by atoms with Gasteiger partial charge in [0, 0.05) is 7.05 Å². The average Bonchev–Trinajstić information content (AvgIpc) is 1.99. The molecule has 58 valence electrons. The van der Waals surface area contributed by atoms with E-state index in [1.54, 1.807) is 14.0 Å². The van der Waals surface area contributed by atoms with Crippen LogP contribution in [0.3, 0.4) is 0 Å². The summed E-state index contributed by atoms with van der Waals surface area (Å²) in [5, 5.41) is 3.58. The Kier molecular flexibility index (Phi) is 4.28. The van der Waals surface area contributed by atoms with Gasteiger partial charge < -0.3 is 9.57 Å². The van der Waals surface area contributed by atoms with Crippen LogP contribution in [0.5, 0.6) is 0 Å². The summed E-state index contributed by atoms with van der Waals surface area (Å²) in [6.07, 6.45) is 0. The van der Waals surface area contributed by atoms with Crippen molar-refractivity contribution in [1.29, 1.82) is 0 Å². The van der Waals surface area contributed by atoms with E-state index in [1.165, 1.54) is 14.2 Å². The van der Waals surface area contributed by atoms with Crippen LogP contribution in [-0.2, 0) is 9.57 Å². The van der Waals surface area contributed by atoms with Gasteiger partial charge in [-0.15, -0.1) is 0 Å². The first-order valence-electron chi connectivity index (χ1n) is 2.85. The summed E-state index contributed by atoms with van der Waals surface area (Å²) in [5.41, 5.74) is 0.712. The minimum atomic E-state index is 0.407. The van der Waals surface area contributed by atoms with E-state index >= 15 is 0 Å². The van der Waals surface area contributed by atoms with Crippen molar-refractivity contribution in [2.45, 2.75) is 6.92 Å². The van der Waals surface area contributed by atoms with Crippen molar-refractivity contribution >= 4 is 11.6 Å². The van der Waals surface area contributed by atoms with Crippen LogP contribution in [0.15, 0.2) is 10.1 Å². The monoisotopic (exact) mass is 144 g/mol. The Balaban J connectivity index is 4.21. The number of rotatable bonds is 2. The van der Waals surface area contributed by atoms with Gasteiger partial charge in [0.15, 0.2) is 0 Å². The number of ether oxygens (including phenoxy) is 1. The van der Waals surface area contributed by atoms with Crippen molar-refractivity contribution in [2.24, 2.45) is 10.1 Å². The molecule has 0 rings (SSSR count). The van der Waals surface area contributed by atoms with Crippen LogP contribution >= 0.6 is 0 Å². The summed E-state index contributed by atoms with van der Waals surface area (Å²) in [6.45, 7) is 1.79. The zero-order valence-corrected chi connectivity index (χ0v) is 6.71. The first-order chi connectivity index (χ1) is 4.76. The van der Waals surface area contributed by atoms with Crippen LogP contribution in [0.25, 0.3) is 0 Å². The summed E-state index contributed by atoms with van der Waals surface area (Å²) >= 11 is 0. The zero-order chi connectivity index (χ0) is 7.98. The highest BCUT2D eigenvalue weighted by molar-refractivity contribution is 6.37. The molecule has 0 aliphatic carbocycles. The fourth-order valence-corrected chi connectivity index (χ4v) is 0.430. The minimum absolute atomic E-state index is 0.407. The van der Waals surface area contributed by atoms with Gasteiger partial charge in [0.1, 0.15) is 7.11 Å². The molecule has 0 N–H and O–H groups in total. The van der Waals surface area contributed by atoms with Gasteiger partial charge in [0.05, 0.1) is 12.8 Å². The van der Waals surface area contributed by atoms with Crippen LogP contribution in [0.1, 0.15) is 6.92 Å². The lowest BCUT2D eigenvalue weighted by Crippen LogP contribution is -2.12. The average molecular weight is 144 g/mol. The van der Waals surface area contributed by atoms with Crippen LogP contribution < -0.4 is 0 Å². The van der Waals surface area contributed by atoms with E-state index in [2.05, 4.69) is 15.0 Å². The van der Waals surface area contributed by atoms with Gasteiger partial charge in [0.2, 0.25) is 0 Å².